The predicted molar refractivity (Wildman–Crippen MR) is 288 cm³/mol. The Morgan fingerprint density at radius 3 is 1.54 bits per heavy atom. The molecule has 0 radical (unpaired) electrons. The van der Waals surface area contributed by atoms with Gasteiger partial charge >= 0.3 is 0 Å². The number of aliphatic hydroxyl groups excluding tert-OH is 17. The Kier molecular flexibility index (Phi) is 22.6. The van der Waals surface area contributed by atoms with Crippen LogP contribution in [0.15, 0.2) is 11.6 Å². The number of rotatable bonds is 21. The number of hydrogen-bond donors (Lipinski definition) is 17. The van der Waals surface area contributed by atoms with Crippen molar-refractivity contribution in [3.63, 3.8) is 0 Å². The molecular weight excluding hydrogens is 1130 g/mol. The molecule has 0 aromatic rings. The zero-order valence-electron chi connectivity index (χ0n) is 49.1. The second-order valence-corrected chi connectivity index (χ2v) is 26.7. The molecule has 4 aliphatic carbocycles. The van der Waals surface area contributed by atoms with Crippen molar-refractivity contribution in [2.75, 3.05) is 39.6 Å². The van der Waals surface area contributed by atoms with Crippen LogP contribution in [-0.4, -0.2) is 286 Å². The fourth-order valence-electron chi connectivity index (χ4n) is 16.1. The van der Waals surface area contributed by atoms with Gasteiger partial charge in [0.2, 0.25) is 0 Å². The van der Waals surface area contributed by atoms with Crippen LogP contribution in [0.4, 0.5) is 0 Å². The molecule has 5 saturated heterocycles. The van der Waals surface area contributed by atoms with Gasteiger partial charge < -0.3 is 134 Å². The van der Waals surface area contributed by atoms with Crippen molar-refractivity contribution in [3.05, 3.63) is 11.6 Å². The van der Waals surface area contributed by atoms with E-state index in [4.69, 9.17) is 47.4 Å². The first-order valence-electron chi connectivity index (χ1n) is 30.8. The number of ether oxygens (including phenoxy) is 10. The highest BCUT2D eigenvalue weighted by atomic mass is 16.8. The van der Waals surface area contributed by atoms with E-state index in [9.17, 15) is 86.8 Å². The Morgan fingerprint density at radius 2 is 0.976 bits per heavy atom. The summed E-state index contributed by atoms with van der Waals surface area (Å²) in [5.41, 5.74) is 1.56. The van der Waals surface area contributed by atoms with Gasteiger partial charge in [0.05, 0.1) is 45.7 Å². The monoisotopic (exact) mass is 1230 g/mol. The maximum Gasteiger partial charge on any atom is 0.187 e. The third kappa shape index (κ3) is 13.5. The molecule has 27 nitrogen and oxygen atoms in total. The molecule has 5 heterocycles. The molecule has 85 heavy (non-hydrogen) atoms. The fraction of sp³-hybridized carbons (Fsp3) is 0.966. The van der Waals surface area contributed by atoms with Crippen LogP contribution in [0.5, 0.6) is 0 Å². The van der Waals surface area contributed by atoms with Crippen molar-refractivity contribution in [1.82, 2.24) is 0 Å². The molecule has 0 aromatic carbocycles. The van der Waals surface area contributed by atoms with Crippen molar-refractivity contribution < 1.29 is 134 Å². The van der Waals surface area contributed by atoms with E-state index in [1.165, 1.54) is 12.0 Å². The van der Waals surface area contributed by atoms with Crippen molar-refractivity contribution in [2.24, 2.45) is 52.3 Å². The minimum Gasteiger partial charge on any atom is -0.394 e. The van der Waals surface area contributed by atoms with E-state index in [0.29, 0.717) is 36.0 Å². The predicted octanol–water partition coefficient (Wildman–Crippen LogP) is -4.27. The lowest BCUT2D eigenvalue weighted by Gasteiger charge is -2.58. The van der Waals surface area contributed by atoms with Crippen LogP contribution in [-0.2, 0) is 47.4 Å². The molecule has 35 atom stereocenters. The molecule has 9 aliphatic rings. The first kappa shape index (κ1) is 68.0. The van der Waals surface area contributed by atoms with Crippen LogP contribution in [0.2, 0.25) is 0 Å². The van der Waals surface area contributed by atoms with Crippen molar-refractivity contribution in [1.29, 1.82) is 0 Å². The molecule has 1 unspecified atom stereocenters. The van der Waals surface area contributed by atoms with Crippen molar-refractivity contribution in [3.8, 4) is 0 Å². The molecule has 492 valence electrons. The van der Waals surface area contributed by atoms with Gasteiger partial charge in [-0.2, -0.15) is 0 Å². The Bertz CT molecular complexity index is 2140. The zero-order valence-corrected chi connectivity index (χ0v) is 49.1. The molecule has 0 bridgehead atoms. The van der Waals surface area contributed by atoms with E-state index in [1.54, 1.807) is 0 Å². The van der Waals surface area contributed by atoms with Gasteiger partial charge in [-0.3, -0.25) is 0 Å². The van der Waals surface area contributed by atoms with Crippen molar-refractivity contribution >= 4 is 0 Å². The minimum atomic E-state index is -1.95. The smallest absolute Gasteiger partial charge is 0.187 e. The highest BCUT2D eigenvalue weighted by Gasteiger charge is 2.60. The lowest BCUT2D eigenvalue weighted by atomic mass is 9.47. The summed E-state index contributed by atoms with van der Waals surface area (Å²) < 4.78 is 58.4. The van der Waals surface area contributed by atoms with Crippen LogP contribution < -0.4 is 0 Å². The van der Waals surface area contributed by atoms with Gasteiger partial charge in [0, 0.05) is 0 Å². The normalized spacial score (nSPS) is 51.4. The van der Waals surface area contributed by atoms with Crippen LogP contribution in [0.25, 0.3) is 0 Å². The number of aliphatic hydroxyl groups is 17. The largest absolute Gasteiger partial charge is 0.394 e. The topological polar surface area (TPSA) is 436 Å². The SMILES string of the molecule is CC(CO[C@@H]1O[C@H](CO[C@@H]2O[C@H](CO)[C@@H](O[C@@H]3O[C@H](CO)[C@@H](O)[C@H](O)[C@H]3O)[C@H](O)[C@H]2O)[C@@H](O)[C@H](O[C@@H]2O[C@H](CO)[C@@H](O)[C@H](O)[C@H]2O)[C@H]1O)[C@@H](C)CC[C@@H](C)[C@H]1CC[C@H]2[C@@H]3CC=C4C[C@@H](O[C@@H]5O[C@H](CO)[C@@H](O)[C@H](O)[C@H]5O)CC[C@]4(C)[C@H]3CC[C@]12C. The van der Waals surface area contributed by atoms with Gasteiger partial charge in [-0.1, -0.05) is 59.1 Å². The standard InChI is InChI=1S/C58H98O27/c1-23(6-7-24(2)29-10-11-30-28-9-8-26-16-27(12-14-57(26,4)31(28)13-15-58(29,30)5)78-54-45(71)41(67)37(63)32(17-59)79-54)25(3)21-76-53-49(75)51(85-56-47(73)43(69)39(65)34(19-61)81-56)40(66)36(83-53)22-77-52-48(74)44(70)50(35(20-62)82-52)84-55-46(72)42(68)38(64)33(18-60)80-55/h8,23-25,27-56,59-75H,6-7,9-22H2,1-5H3/t23-,24+,25?,27-,28-,29+,30-,31-,32+,33+,34+,35+,36+,37+,38+,39+,40+,41-,42-,43-,44+,45+,46+,47+,48+,49+,50+,51-,52+,53+,54+,55-,56-,57-,58+/m0/s1. The molecule has 9 rings (SSSR count). The van der Waals surface area contributed by atoms with Crippen LogP contribution in [0.1, 0.15) is 98.8 Å². The molecule has 8 fully saturated rings. The molecule has 0 aromatic heterocycles. The summed E-state index contributed by atoms with van der Waals surface area (Å²) in [5, 5.41) is 180. The summed E-state index contributed by atoms with van der Waals surface area (Å²) in [5.74, 6) is 2.64. The van der Waals surface area contributed by atoms with Gasteiger partial charge in [0.1, 0.15) is 122 Å². The average Bonchev–Trinajstić information content (AvgIpc) is 1.77. The van der Waals surface area contributed by atoms with Gasteiger partial charge in [0.15, 0.2) is 31.5 Å². The average molecular weight is 1230 g/mol. The maximum atomic E-state index is 11.8. The number of fused-ring (bicyclic) bond motifs is 5. The zero-order chi connectivity index (χ0) is 61.7. The summed E-state index contributed by atoms with van der Waals surface area (Å²) in [7, 11) is 0. The van der Waals surface area contributed by atoms with E-state index >= 15 is 0 Å². The molecule has 0 spiro atoms. The Labute approximate surface area is 494 Å². The van der Waals surface area contributed by atoms with Gasteiger partial charge in [-0.25, -0.2) is 0 Å². The first-order chi connectivity index (χ1) is 40.3. The van der Waals surface area contributed by atoms with Crippen LogP contribution in [0, 0.1) is 52.3 Å². The minimum absolute atomic E-state index is 0.0125. The van der Waals surface area contributed by atoms with Gasteiger partial charge in [-0.05, 0) is 104 Å². The van der Waals surface area contributed by atoms with Crippen molar-refractivity contribution in [2.45, 2.75) is 258 Å². The molecule has 17 N–H and O–H groups in total. The molecule has 0 amide bonds. The lowest BCUT2D eigenvalue weighted by Crippen LogP contribution is -2.66. The van der Waals surface area contributed by atoms with E-state index in [0.717, 1.165) is 51.4 Å². The van der Waals surface area contributed by atoms with E-state index in [1.807, 2.05) is 6.92 Å². The Morgan fingerprint density at radius 1 is 0.471 bits per heavy atom. The maximum absolute atomic E-state index is 11.8. The highest BCUT2D eigenvalue weighted by molar-refractivity contribution is 5.25. The lowest BCUT2D eigenvalue weighted by molar-refractivity contribution is -0.373. The van der Waals surface area contributed by atoms with Gasteiger partial charge in [0.25, 0.3) is 0 Å². The molecule has 3 saturated carbocycles. The summed E-state index contributed by atoms with van der Waals surface area (Å²) in [6.07, 6.45) is -29.0. The fourth-order valence-corrected chi connectivity index (χ4v) is 16.1. The summed E-state index contributed by atoms with van der Waals surface area (Å²) in [6.45, 7) is 7.87. The highest BCUT2D eigenvalue weighted by Crippen LogP contribution is 2.67. The number of hydrogen-bond acceptors (Lipinski definition) is 27. The number of allylic oxidation sites excluding steroid dienone is 1. The van der Waals surface area contributed by atoms with Crippen LogP contribution >= 0.6 is 0 Å². The summed E-state index contributed by atoms with van der Waals surface area (Å²) >= 11 is 0. The van der Waals surface area contributed by atoms with E-state index < -0.39 is 187 Å². The third-order valence-corrected chi connectivity index (χ3v) is 21.7. The molecule has 27 heteroatoms. The summed E-state index contributed by atoms with van der Waals surface area (Å²) in [4.78, 5) is 0. The van der Waals surface area contributed by atoms with Crippen LogP contribution in [0.3, 0.4) is 0 Å². The second kappa shape index (κ2) is 28.3. The summed E-state index contributed by atoms with van der Waals surface area (Å²) in [6, 6.07) is 0. The Balaban J connectivity index is 0.799. The first-order valence-corrected chi connectivity index (χ1v) is 30.8. The molecule has 5 aliphatic heterocycles. The molecular formula is C58H98O27. The second-order valence-electron chi connectivity index (χ2n) is 26.7. The quantitative estimate of drug-likeness (QED) is 0.0484. The third-order valence-electron chi connectivity index (χ3n) is 21.7. The Hall–Kier alpha value is -1.34. The van der Waals surface area contributed by atoms with E-state index in [-0.39, 0.29) is 35.4 Å². The van der Waals surface area contributed by atoms with Gasteiger partial charge in [-0.15, -0.1) is 0 Å². The van der Waals surface area contributed by atoms with E-state index in [2.05, 4.69) is 33.8 Å².